The fourth-order valence-electron chi connectivity index (χ4n) is 7.60. The number of unbranched alkanes of at least 4 members (excludes halogenated alkanes) is 1. The lowest BCUT2D eigenvalue weighted by Gasteiger charge is -2.08. The maximum atomic E-state index is 6.04. The first-order valence-electron chi connectivity index (χ1n) is 20.1. The summed E-state index contributed by atoms with van der Waals surface area (Å²) in [6.07, 6.45) is 14.2. The highest BCUT2D eigenvalue weighted by Gasteiger charge is 2.19. The number of aromatic amines is 2. The van der Waals surface area contributed by atoms with Crippen molar-refractivity contribution >= 4 is 46.4 Å². The summed E-state index contributed by atoms with van der Waals surface area (Å²) in [5.41, 5.74) is 15.9. The smallest absolute Gasteiger partial charge is 0.119 e. The van der Waals surface area contributed by atoms with E-state index in [1.807, 2.05) is 18.2 Å². The number of benzene rings is 4. The van der Waals surface area contributed by atoms with Gasteiger partial charge >= 0.3 is 0 Å². The van der Waals surface area contributed by atoms with Gasteiger partial charge in [-0.2, -0.15) is 0 Å². The second-order valence-electron chi connectivity index (χ2n) is 14.4. The molecular formula is C53H43N5O. The van der Waals surface area contributed by atoms with Crippen molar-refractivity contribution in [2.24, 2.45) is 0 Å². The number of H-pyrrole nitrogens is 2. The Labute approximate surface area is 344 Å². The predicted octanol–water partition coefficient (Wildman–Crippen LogP) is 13.6. The van der Waals surface area contributed by atoms with Gasteiger partial charge in [0.25, 0.3) is 0 Å². The molecule has 2 aliphatic heterocycles. The number of nitrogens with zero attached hydrogens (tertiary/aromatic N) is 3. The highest BCUT2D eigenvalue weighted by molar-refractivity contribution is 5.99. The molecule has 0 aliphatic carbocycles. The molecule has 286 valence electrons. The molecular weight excluding hydrogens is 723 g/mol. The maximum Gasteiger partial charge on any atom is 0.119 e. The molecule has 6 heteroatoms. The fraction of sp³-hybridized carbons (Fsp3) is 0.0755. The van der Waals surface area contributed by atoms with Crippen LogP contribution in [0.3, 0.4) is 0 Å². The molecule has 0 unspecified atom stereocenters. The number of pyridine rings is 1. The summed E-state index contributed by atoms with van der Waals surface area (Å²) in [6, 6.07) is 54.3. The molecule has 2 N–H and O–H groups in total. The molecule has 10 rings (SSSR count). The van der Waals surface area contributed by atoms with Gasteiger partial charge in [-0.3, -0.25) is 4.98 Å². The van der Waals surface area contributed by atoms with E-state index in [0.29, 0.717) is 6.61 Å². The van der Waals surface area contributed by atoms with Crippen molar-refractivity contribution in [1.82, 2.24) is 24.9 Å². The van der Waals surface area contributed by atoms with E-state index in [4.69, 9.17) is 14.7 Å². The average molecular weight is 766 g/mol. The number of ether oxygens (including phenoxy) is 1. The van der Waals surface area contributed by atoms with Gasteiger partial charge in [0.1, 0.15) is 5.75 Å². The largest absolute Gasteiger partial charge is 0.494 e. The topological polar surface area (TPSA) is 79.5 Å². The summed E-state index contributed by atoms with van der Waals surface area (Å²) >= 11 is 0. The van der Waals surface area contributed by atoms with Crippen LogP contribution in [0.25, 0.3) is 90.9 Å². The average Bonchev–Trinajstić information content (AvgIpc) is 4.15. The monoisotopic (exact) mass is 765 g/mol. The van der Waals surface area contributed by atoms with E-state index in [9.17, 15) is 0 Å². The molecule has 0 saturated carbocycles. The Kier molecular flexibility index (Phi) is 10.8. The molecule has 0 spiro atoms. The summed E-state index contributed by atoms with van der Waals surface area (Å²) in [6.45, 7) is 2.88. The number of fused-ring (bicyclic) bond motifs is 8. The minimum absolute atomic E-state index is 0.707. The van der Waals surface area contributed by atoms with Crippen molar-refractivity contribution in [3.05, 3.63) is 193 Å². The Morgan fingerprint density at radius 2 is 0.763 bits per heavy atom. The number of hydrogen-bond donors (Lipinski definition) is 2. The first kappa shape index (κ1) is 37.0. The quantitative estimate of drug-likeness (QED) is 0.151. The van der Waals surface area contributed by atoms with Gasteiger partial charge in [-0.25, -0.2) is 9.97 Å². The first-order valence-corrected chi connectivity index (χ1v) is 20.1. The van der Waals surface area contributed by atoms with Crippen molar-refractivity contribution in [1.29, 1.82) is 0 Å². The molecule has 8 bridgehead atoms. The molecule has 0 fully saturated rings. The Hall–Kier alpha value is -7.57. The Bertz CT molecular complexity index is 2850. The zero-order chi connectivity index (χ0) is 39.8. The lowest BCUT2D eigenvalue weighted by Crippen LogP contribution is -1.96. The van der Waals surface area contributed by atoms with Crippen LogP contribution in [0.5, 0.6) is 5.75 Å². The van der Waals surface area contributed by atoms with Gasteiger partial charge in [-0.15, -0.1) is 0 Å². The summed E-state index contributed by atoms with van der Waals surface area (Å²) in [7, 11) is 0. The molecule has 59 heavy (non-hydrogen) atoms. The van der Waals surface area contributed by atoms with E-state index in [1.54, 1.807) is 12.4 Å². The zero-order valence-corrected chi connectivity index (χ0v) is 32.8. The summed E-state index contributed by atoms with van der Waals surface area (Å²) in [4.78, 5) is 22.2. The molecule has 0 atom stereocenters. The zero-order valence-electron chi connectivity index (χ0n) is 32.8. The van der Waals surface area contributed by atoms with E-state index in [0.717, 1.165) is 108 Å². The van der Waals surface area contributed by atoms with Crippen molar-refractivity contribution in [2.45, 2.75) is 19.8 Å². The highest BCUT2D eigenvalue weighted by atomic mass is 16.5. The van der Waals surface area contributed by atoms with Crippen LogP contribution in [0.2, 0.25) is 0 Å². The van der Waals surface area contributed by atoms with E-state index in [2.05, 4.69) is 186 Å². The lowest BCUT2D eigenvalue weighted by molar-refractivity contribution is 0.309. The molecule has 2 aliphatic rings. The van der Waals surface area contributed by atoms with Crippen molar-refractivity contribution in [3.8, 4) is 50.3 Å². The number of aromatic nitrogens is 5. The Morgan fingerprint density at radius 1 is 0.407 bits per heavy atom. The van der Waals surface area contributed by atoms with Gasteiger partial charge < -0.3 is 14.7 Å². The lowest BCUT2D eigenvalue weighted by atomic mass is 10.0. The molecule has 0 amide bonds. The highest BCUT2D eigenvalue weighted by Crippen LogP contribution is 2.38. The van der Waals surface area contributed by atoms with Gasteiger partial charge in [0, 0.05) is 56.7 Å². The van der Waals surface area contributed by atoms with Crippen LogP contribution in [0.1, 0.15) is 42.5 Å². The first-order chi connectivity index (χ1) is 29.2. The van der Waals surface area contributed by atoms with Crippen LogP contribution in [0.15, 0.2) is 170 Å². The molecule has 4 aromatic heterocycles. The van der Waals surface area contributed by atoms with E-state index in [1.165, 1.54) is 0 Å². The normalized spacial score (nSPS) is 11.5. The van der Waals surface area contributed by atoms with Crippen LogP contribution >= 0.6 is 0 Å². The van der Waals surface area contributed by atoms with Gasteiger partial charge in [0.05, 0.1) is 29.4 Å². The van der Waals surface area contributed by atoms with Gasteiger partial charge in [-0.05, 0) is 102 Å². The Balaban J connectivity index is 0.000000689. The second kappa shape index (κ2) is 17.3. The van der Waals surface area contributed by atoms with Crippen LogP contribution in [-0.2, 0) is 0 Å². The van der Waals surface area contributed by atoms with Crippen LogP contribution in [0.4, 0.5) is 0 Å². The van der Waals surface area contributed by atoms with Crippen LogP contribution in [0, 0.1) is 0 Å². The third kappa shape index (κ3) is 8.02. The third-order valence-electron chi connectivity index (χ3n) is 10.4. The fourth-order valence-corrected chi connectivity index (χ4v) is 7.60. The SMILES string of the molecule is CCCCOc1ccc(-c2c3nc(c(-c4ccccc4)c4ccc([nH]4)c(-c4ccccc4)c4nc(c(-c5ccccc5)c5ccc2[nH]5)C=C4)C=C3)cc1.c1ccncc1. The van der Waals surface area contributed by atoms with Gasteiger partial charge in [0.2, 0.25) is 0 Å². The molecule has 6 nitrogen and oxygen atoms in total. The number of hydrogen-bond acceptors (Lipinski definition) is 4. The Morgan fingerprint density at radius 3 is 1.08 bits per heavy atom. The predicted molar refractivity (Wildman–Crippen MR) is 245 cm³/mol. The summed E-state index contributed by atoms with van der Waals surface area (Å²) in [5.74, 6) is 0.867. The summed E-state index contributed by atoms with van der Waals surface area (Å²) < 4.78 is 6.04. The van der Waals surface area contributed by atoms with Gasteiger partial charge in [0.15, 0.2) is 0 Å². The number of rotatable bonds is 8. The minimum Gasteiger partial charge on any atom is -0.494 e. The van der Waals surface area contributed by atoms with Gasteiger partial charge in [-0.1, -0.05) is 123 Å². The third-order valence-corrected chi connectivity index (χ3v) is 10.4. The van der Waals surface area contributed by atoms with Crippen LogP contribution in [-0.4, -0.2) is 31.5 Å². The van der Waals surface area contributed by atoms with Crippen molar-refractivity contribution in [3.63, 3.8) is 0 Å². The summed E-state index contributed by atoms with van der Waals surface area (Å²) in [5, 5.41) is 0. The molecule has 8 aromatic rings. The second-order valence-corrected chi connectivity index (χ2v) is 14.4. The van der Waals surface area contributed by atoms with Crippen molar-refractivity contribution in [2.75, 3.05) is 6.61 Å². The molecule has 4 aromatic carbocycles. The van der Waals surface area contributed by atoms with E-state index >= 15 is 0 Å². The standard InChI is InChI=1S/C48H38N4O.C5H5N/c1-2-3-31-53-36-21-19-35(20-22-36)48-43-29-27-41(51-43)46(33-15-9-5-10-16-33)39-25-23-37(49-39)45(32-13-7-4-8-14-32)38-24-26-40(50-38)47(34-17-11-6-12-18-34)42-28-30-44(48)52-42;1-2-4-6-5-3-1/h4-30,49,52H,2-3,31H2,1H3;1-5H. The minimum atomic E-state index is 0.707. The molecule has 6 heterocycles. The number of nitrogens with one attached hydrogen (secondary N) is 2. The van der Waals surface area contributed by atoms with Crippen LogP contribution < -0.4 is 4.74 Å². The van der Waals surface area contributed by atoms with Crippen molar-refractivity contribution < 1.29 is 4.74 Å². The van der Waals surface area contributed by atoms with E-state index in [-0.39, 0.29) is 0 Å². The molecule has 0 radical (unpaired) electrons. The van der Waals surface area contributed by atoms with E-state index < -0.39 is 0 Å². The maximum absolute atomic E-state index is 6.04. The molecule has 0 saturated heterocycles.